The van der Waals surface area contributed by atoms with Crippen LogP contribution in [-0.2, 0) is 13.5 Å². The van der Waals surface area contributed by atoms with Crippen LogP contribution in [0.4, 0.5) is 8.78 Å². The van der Waals surface area contributed by atoms with Crippen LogP contribution >= 0.6 is 15.9 Å². The van der Waals surface area contributed by atoms with E-state index in [1.165, 1.54) is 12.1 Å². The van der Waals surface area contributed by atoms with Gasteiger partial charge in [-0.2, -0.15) is 5.10 Å². The van der Waals surface area contributed by atoms with Gasteiger partial charge in [0.25, 0.3) is 0 Å². The molecule has 0 bridgehead atoms. The SMILES string of the molecule is CCc1nn(C)cc1C(N)c1c(F)ccc(Br)c1F. The zero-order chi connectivity index (χ0) is 14.2. The second-order valence-electron chi connectivity index (χ2n) is 4.29. The van der Waals surface area contributed by atoms with E-state index in [-0.39, 0.29) is 10.0 Å². The van der Waals surface area contributed by atoms with E-state index in [1.807, 2.05) is 6.92 Å². The Bertz CT molecular complexity index is 610. The van der Waals surface area contributed by atoms with Crippen LogP contribution in [0.15, 0.2) is 22.8 Å². The van der Waals surface area contributed by atoms with Gasteiger partial charge in [0.1, 0.15) is 11.6 Å². The van der Waals surface area contributed by atoms with Crippen LogP contribution in [0.2, 0.25) is 0 Å². The fraction of sp³-hybridized carbons (Fsp3) is 0.308. The molecule has 2 rings (SSSR count). The van der Waals surface area contributed by atoms with E-state index in [2.05, 4.69) is 21.0 Å². The summed E-state index contributed by atoms with van der Waals surface area (Å²) >= 11 is 3.04. The Balaban J connectivity index is 2.55. The maximum Gasteiger partial charge on any atom is 0.145 e. The molecule has 0 aliphatic rings. The number of aromatic nitrogens is 2. The number of nitrogens with zero attached hydrogens (tertiary/aromatic N) is 2. The van der Waals surface area contributed by atoms with Gasteiger partial charge in [-0.1, -0.05) is 6.92 Å². The maximum absolute atomic E-state index is 14.0. The average Bonchev–Trinajstić information content (AvgIpc) is 2.75. The highest BCUT2D eigenvalue weighted by molar-refractivity contribution is 9.10. The van der Waals surface area contributed by atoms with Gasteiger partial charge < -0.3 is 5.73 Å². The summed E-state index contributed by atoms with van der Waals surface area (Å²) in [6, 6.07) is 1.65. The topological polar surface area (TPSA) is 43.8 Å². The van der Waals surface area contributed by atoms with Crippen molar-refractivity contribution in [1.82, 2.24) is 9.78 Å². The molecule has 2 N–H and O–H groups in total. The van der Waals surface area contributed by atoms with Gasteiger partial charge in [0.15, 0.2) is 0 Å². The second-order valence-corrected chi connectivity index (χ2v) is 5.15. The van der Waals surface area contributed by atoms with Crippen molar-refractivity contribution >= 4 is 15.9 Å². The zero-order valence-corrected chi connectivity index (χ0v) is 12.2. The Morgan fingerprint density at radius 2 is 2.11 bits per heavy atom. The van der Waals surface area contributed by atoms with E-state index in [0.717, 1.165) is 5.69 Å². The lowest BCUT2D eigenvalue weighted by atomic mass is 9.98. The van der Waals surface area contributed by atoms with Gasteiger partial charge >= 0.3 is 0 Å². The van der Waals surface area contributed by atoms with Crippen molar-refractivity contribution in [2.45, 2.75) is 19.4 Å². The number of benzene rings is 1. The molecule has 0 aliphatic heterocycles. The third-order valence-electron chi connectivity index (χ3n) is 3.00. The molecule has 1 heterocycles. The first-order valence-corrected chi connectivity index (χ1v) is 6.66. The fourth-order valence-corrected chi connectivity index (χ4v) is 2.42. The van der Waals surface area contributed by atoms with Crippen molar-refractivity contribution in [3.05, 3.63) is 51.3 Å². The third kappa shape index (κ3) is 2.55. The molecule has 0 spiro atoms. The molecule has 2 aromatic rings. The monoisotopic (exact) mass is 329 g/mol. The Kier molecular flexibility index (Phi) is 4.01. The largest absolute Gasteiger partial charge is 0.320 e. The number of halogens is 3. The summed E-state index contributed by atoms with van der Waals surface area (Å²) in [5.41, 5.74) is 7.26. The summed E-state index contributed by atoms with van der Waals surface area (Å²) in [5, 5.41) is 4.24. The molecule has 0 radical (unpaired) electrons. The second kappa shape index (κ2) is 5.38. The molecule has 19 heavy (non-hydrogen) atoms. The van der Waals surface area contributed by atoms with E-state index >= 15 is 0 Å². The summed E-state index contributed by atoms with van der Waals surface area (Å²) in [7, 11) is 1.75. The molecular weight excluding hydrogens is 316 g/mol. The minimum absolute atomic E-state index is 0.142. The van der Waals surface area contributed by atoms with Gasteiger partial charge in [-0.25, -0.2) is 8.78 Å². The van der Waals surface area contributed by atoms with Gasteiger partial charge in [0, 0.05) is 24.4 Å². The highest BCUT2D eigenvalue weighted by Crippen LogP contribution is 2.30. The fourth-order valence-electron chi connectivity index (χ4n) is 2.07. The summed E-state index contributed by atoms with van der Waals surface area (Å²) in [6.45, 7) is 1.92. The average molecular weight is 330 g/mol. The Morgan fingerprint density at radius 1 is 1.42 bits per heavy atom. The van der Waals surface area contributed by atoms with Crippen molar-refractivity contribution in [3.8, 4) is 0 Å². The van der Waals surface area contributed by atoms with E-state index in [1.54, 1.807) is 17.9 Å². The Hall–Kier alpha value is -1.27. The maximum atomic E-state index is 14.0. The van der Waals surface area contributed by atoms with Gasteiger partial charge in [-0.3, -0.25) is 4.68 Å². The van der Waals surface area contributed by atoms with Crippen LogP contribution in [0.5, 0.6) is 0 Å². The first kappa shape index (κ1) is 14.1. The minimum atomic E-state index is -0.874. The van der Waals surface area contributed by atoms with Crippen LogP contribution in [-0.4, -0.2) is 9.78 Å². The number of hydrogen-bond acceptors (Lipinski definition) is 2. The quantitative estimate of drug-likeness (QED) is 0.879. The minimum Gasteiger partial charge on any atom is -0.320 e. The molecule has 0 aliphatic carbocycles. The highest BCUT2D eigenvalue weighted by Gasteiger charge is 2.23. The van der Waals surface area contributed by atoms with Crippen LogP contribution < -0.4 is 5.73 Å². The van der Waals surface area contributed by atoms with Crippen molar-refractivity contribution in [2.75, 3.05) is 0 Å². The summed E-state index contributed by atoms with van der Waals surface area (Å²) < 4.78 is 29.7. The number of hydrogen-bond donors (Lipinski definition) is 1. The van der Waals surface area contributed by atoms with E-state index in [9.17, 15) is 8.78 Å². The van der Waals surface area contributed by atoms with Crippen LogP contribution in [0, 0.1) is 11.6 Å². The van der Waals surface area contributed by atoms with Crippen molar-refractivity contribution in [2.24, 2.45) is 12.8 Å². The normalized spacial score (nSPS) is 12.7. The molecule has 0 saturated carbocycles. The predicted molar refractivity (Wildman–Crippen MR) is 72.7 cm³/mol. The highest BCUT2D eigenvalue weighted by atomic mass is 79.9. The summed E-state index contributed by atoms with van der Waals surface area (Å²) in [5.74, 6) is -1.32. The first-order chi connectivity index (χ1) is 8.95. The molecule has 1 aromatic heterocycles. The Labute approximate surface area is 118 Å². The molecule has 3 nitrogen and oxygen atoms in total. The molecule has 102 valence electrons. The molecule has 1 atom stereocenters. The summed E-state index contributed by atoms with van der Waals surface area (Å²) in [6.07, 6.45) is 2.35. The number of aryl methyl sites for hydroxylation is 2. The number of rotatable bonds is 3. The molecule has 1 aromatic carbocycles. The smallest absolute Gasteiger partial charge is 0.145 e. The van der Waals surface area contributed by atoms with Gasteiger partial charge in [0.05, 0.1) is 16.2 Å². The van der Waals surface area contributed by atoms with Crippen LogP contribution in [0.25, 0.3) is 0 Å². The lowest BCUT2D eigenvalue weighted by Gasteiger charge is -2.14. The third-order valence-corrected chi connectivity index (χ3v) is 3.61. The summed E-state index contributed by atoms with van der Waals surface area (Å²) in [4.78, 5) is 0. The molecule has 1 unspecified atom stereocenters. The lowest BCUT2D eigenvalue weighted by molar-refractivity contribution is 0.538. The predicted octanol–water partition coefficient (Wildman–Crippen LogP) is 3.07. The van der Waals surface area contributed by atoms with E-state index in [0.29, 0.717) is 12.0 Å². The van der Waals surface area contributed by atoms with E-state index < -0.39 is 17.7 Å². The molecular formula is C13H14BrF2N3. The van der Waals surface area contributed by atoms with Gasteiger partial charge in [-0.05, 0) is 34.5 Å². The van der Waals surface area contributed by atoms with Gasteiger partial charge in [0.2, 0.25) is 0 Å². The first-order valence-electron chi connectivity index (χ1n) is 5.87. The van der Waals surface area contributed by atoms with Crippen molar-refractivity contribution in [3.63, 3.8) is 0 Å². The lowest BCUT2D eigenvalue weighted by Crippen LogP contribution is -2.17. The molecule has 0 amide bonds. The molecule has 6 heteroatoms. The van der Waals surface area contributed by atoms with Crippen molar-refractivity contribution in [1.29, 1.82) is 0 Å². The van der Waals surface area contributed by atoms with Crippen LogP contribution in [0.1, 0.15) is 29.8 Å². The van der Waals surface area contributed by atoms with Gasteiger partial charge in [-0.15, -0.1) is 0 Å². The van der Waals surface area contributed by atoms with Crippen LogP contribution in [0.3, 0.4) is 0 Å². The number of nitrogens with two attached hydrogens (primary N) is 1. The Morgan fingerprint density at radius 3 is 2.74 bits per heavy atom. The standard InChI is InChI=1S/C13H14BrF2N3/c1-3-10-7(6-19(2)18-10)13(17)11-9(15)5-4-8(14)12(11)16/h4-6,13H,3,17H2,1-2H3. The molecule has 0 fully saturated rings. The van der Waals surface area contributed by atoms with E-state index in [4.69, 9.17) is 5.73 Å². The zero-order valence-electron chi connectivity index (χ0n) is 10.6. The molecule has 0 saturated heterocycles. The van der Waals surface area contributed by atoms with Crippen molar-refractivity contribution < 1.29 is 8.78 Å².